The minimum absolute atomic E-state index is 0.0298. The van der Waals surface area contributed by atoms with Gasteiger partial charge in [0.15, 0.2) is 0 Å². The molecule has 0 aromatic carbocycles. The summed E-state index contributed by atoms with van der Waals surface area (Å²) in [6.45, 7) is 4.08. The van der Waals surface area contributed by atoms with Crippen LogP contribution in [0.3, 0.4) is 0 Å². The van der Waals surface area contributed by atoms with Crippen molar-refractivity contribution in [2.24, 2.45) is 0 Å². The van der Waals surface area contributed by atoms with Gasteiger partial charge in [-0.05, 0) is 19.9 Å². The van der Waals surface area contributed by atoms with E-state index in [1.54, 1.807) is 24.3 Å². The van der Waals surface area contributed by atoms with Gasteiger partial charge in [0, 0.05) is 24.0 Å². The quantitative estimate of drug-likeness (QED) is 0.679. The highest BCUT2D eigenvalue weighted by Gasteiger charge is 2.15. The lowest BCUT2D eigenvalue weighted by molar-refractivity contribution is 0.0692. The van der Waals surface area contributed by atoms with Gasteiger partial charge in [-0.1, -0.05) is 0 Å². The summed E-state index contributed by atoms with van der Waals surface area (Å²) >= 11 is 1.56. The summed E-state index contributed by atoms with van der Waals surface area (Å²) in [6, 6.07) is 1.13. The van der Waals surface area contributed by atoms with Crippen molar-refractivity contribution in [1.82, 2.24) is 15.3 Å². The Kier molecular flexibility index (Phi) is 4.59. The Balaban J connectivity index is 1.86. The van der Waals surface area contributed by atoms with E-state index >= 15 is 0 Å². The number of carbonyl (C=O) groups excluding carboxylic acids is 1. The highest BCUT2D eigenvalue weighted by molar-refractivity contribution is 7.09. The van der Waals surface area contributed by atoms with Gasteiger partial charge in [-0.2, -0.15) is 0 Å². The molecular weight excluding hydrogens is 292 g/mol. The molecule has 0 atom stereocenters. The number of aryl methyl sites for hydroxylation is 2. The number of urea groups is 1. The van der Waals surface area contributed by atoms with Crippen LogP contribution in [-0.4, -0.2) is 33.6 Å². The summed E-state index contributed by atoms with van der Waals surface area (Å²) in [4.78, 5) is 29.7. The molecule has 2 rings (SSSR count). The van der Waals surface area contributed by atoms with Gasteiger partial charge in [0.2, 0.25) is 0 Å². The first-order valence-electron chi connectivity index (χ1n) is 6.34. The zero-order valence-electron chi connectivity index (χ0n) is 11.7. The third-order valence-corrected chi connectivity index (χ3v) is 3.57. The SMILES string of the molecule is Cc1cc(NC(=O)NCCc2csc(C)n2)c(C(=O)O)[nH]1. The Morgan fingerprint density at radius 3 is 2.81 bits per heavy atom. The first kappa shape index (κ1) is 15.0. The lowest BCUT2D eigenvalue weighted by atomic mass is 10.3. The van der Waals surface area contributed by atoms with Crippen molar-refractivity contribution in [3.8, 4) is 0 Å². The summed E-state index contributed by atoms with van der Waals surface area (Å²) < 4.78 is 0. The Labute approximate surface area is 125 Å². The van der Waals surface area contributed by atoms with Crippen molar-refractivity contribution < 1.29 is 14.7 Å². The molecule has 0 unspecified atom stereocenters. The number of nitrogens with one attached hydrogen (secondary N) is 3. The molecule has 0 saturated carbocycles. The molecule has 0 aliphatic rings. The van der Waals surface area contributed by atoms with E-state index < -0.39 is 12.0 Å². The number of aromatic amines is 1. The number of aromatic nitrogens is 2. The van der Waals surface area contributed by atoms with Crippen molar-refractivity contribution in [2.75, 3.05) is 11.9 Å². The Morgan fingerprint density at radius 1 is 1.43 bits per heavy atom. The van der Waals surface area contributed by atoms with Crippen LogP contribution in [0.15, 0.2) is 11.4 Å². The lowest BCUT2D eigenvalue weighted by Gasteiger charge is -2.06. The summed E-state index contributed by atoms with van der Waals surface area (Å²) in [5.41, 5.74) is 1.82. The van der Waals surface area contributed by atoms with Crippen LogP contribution in [0.25, 0.3) is 0 Å². The van der Waals surface area contributed by atoms with Crippen LogP contribution in [0.2, 0.25) is 0 Å². The van der Waals surface area contributed by atoms with Crippen LogP contribution in [0.5, 0.6) is 0 Å². The minimum Gasteiger partial charge on any atom is -0.477 e. The second kappa shape index (κ2) is 6.40. The summed E-state index contributed by atoms with van der Waals surface area (Å²) in [7, 11) is 0. The summed E-state index contributed by atoms with van der Waals surface area (Å²) in [5.74, 6) is -1.11. The average Bonchev–Trinajstić information content (AvgIpc) is 2.96. The number of carboxylic acid groups (broad SMARTS) is 1. The average molecular weight is 308 g/mol. The van der Waals surface area contributed by atoms with E-state index in [0.717, 1.165) is 10.7 Å². The van der Waals surface area contributed by atoms with Crippen LogP contribution in [0.1, 0.15) is 26.9 Å². The Bertz CT molecular complexity index is 662. The highest BCUT2D eigenvalue weighted by Crippen LogP contribution is 2.16. The van der Waals surface area contributed by atoms with Crippen molar-refractivity contribution >= 4 is 29.0 Å². The van der Waals surface area contributed by atoms with E-state index in [1.165, 1.54) is 0 Å². The van der Waals surface area contributed by atoms with Gasteiger partial charge in [-0.25, -0.2) is 14.6 Å². The maximum absolute atomic E-state index is 11.7. The zero-order valence-corrected chi connectivity index (χ0v) is 12.5. The molecule has 8 heteroatoms. The van der Waals surface area contributed by atoms with E-state index in [4.69, 9.17) is 5.11 Å². The Hall–Kier alpha value is -2.35. The molecule has 112 valence electrons. The fourth-order valence-electron chi connectivity index (χ4n) is 1.85. The molecular formula is C13H16N4O3S. The van der Waals surface area contributed by atoms with Gasteiger partial charge in [0.05, 0.1) is 16.4 Å². The molecule has 0 bridgehead atoms. The minimum atomic E-state index is -1.11. The number of carboxylic acids is 1. The molecule has 0 aliphatic carbocycles. The fourth-order valence-corrected chi connectivity index (χ4v) is 2.50. The van der Waals surface area contributed by atoms with E-state index in [2.05, 4.69) is 20.6 Å². The van der Waals surface area contributed by atoms with Crippen molar-refractivity contribution in [2.45, 2.75) is 20.3 Å². The maximum Gasteiger partial charge on any atom is 0.354 e. The predicted octanol–water partition coefficient (Wildman–Crippen LogP) is 2.15. The van der Waals surface area contributed by atoms with Crippen molar-refractivity contribution in [3.05, 3.63) is 33.5 Å². The van der Waals surface area contributed by atoms with Crippen LogP contribution in [-0.2, 0) is 6.42 Å². The maximum atomic E-state index is 11.7. The third-order valence-electron chi connectivity index (χ3n) is 2.75. The van der Waals surface area contributed by atoms with E-state index in [1.807, 2.05) is 12.3 Å². The van der Waals surface area contributed by atoms with Crippen LogP contribution in [0.4, 0.5) is 10.5 Å². The number of anilines is 1. The smallest absolute Gasteiger partial charge is 0.354 e. The predicted molar refractivity (Wildman–Crippen MR) is 80.1 cm³/mol. The molecule has 0 fully saturated rings. The number of aromatic carboxylic acids is 1. The highest BCUT2D eigenvalue weighted by atomic mass is 32.1. The molecule has 0 aliphatic heterocycles. The fraction of sp³-hybridized carbons (Fsp3) is 0.308. The molecule has 2 aromatic heterocycles. The zero-order chi connectivity index (χ0) is 15.4. The summed E-state index contributed by atoms with van der Waals surface area (Å²) in [5, 5.41) is 17.1. The molecule has 0 radical (unpaired) electrons. The second-order valence-corrected chi connectivity index (χ2v) is 5.60. The normalized spacial score (nSPS) is 10.4. The molecule has 0 saturated heterocycles. The van der Waals surface area contributed by atoms with Crippen molar-refractivity contribution in [3.63, 3.8) is 0 Å². The molecule has 7 nitrogen and oxygen atoms in total. The first-order valence-corrected chi connectivity index (χ1v) is 7.22. The molecule has 21 heavy (non-hydrogen) atoms. The molecule has 2 heterocycles. The van der Waals surface area contributed by atoms with Gasteiger partial charge in [0.1, 0.15) is 5.69 Å². The standard InChI is InChI=1S/C13H16N4O3S/c1-7-5-10(11(15-7)12(18)19)17-13(20)14-4-3-9-6-21-8(2)16-9/h5-6,15H,3-4H2,1-2H3,(H,18,19)(H2,14,17,20). The largest absolute Gasteiger partial charge is 0.477 e. The molecule has 0 spiro atoms. The van der Waals surface area contributed by atoms with Gasteiger partial charge in [0.25, 0.3) is 0 Å². The third kappa shape index (κ3) is 4.06. The van der Waals surface area contributed by atoms with Gasteiger partial charge in [-0.3, -0.25) is 0 Å². The van der Waals surface area contributed by atoms with Crippen LogP contribution >= 0.6 is 11.3 Å². The van der Waals surface area contributed by atoms with E-state index in [9.17, 15) is 9.59 Å². The molecule has 2 aromatic rings. The van der Waals surface area contributed by atoms with E-state index in [0.29, 0.717) is 18.7 Å². The number of nitrogens with zero attached hydrogens (tertiary/aromatic N) is 1. The van der Waals surface area contributed by atoms with Gasteiger partial charge in [-0.15, -0.1) is 11.3 Å². The number of rotatable bonds is 5. The van der Waals surface area contributed by atoms with Crippen molar-refractivity contribution in [1.29, 1.82) is 0 Å². The first-order chi connectivity index (χ1) is 9.95. The van der Waals surface area contributed by atoms with Gasteiger partial charge >= 0.3 is 12.0 Å². The molecule has 4 N–H and O–H groups in total. The number of H-pyrrole nitrogens is 1. The number of hydrogen-bond acceptors (Lipinski definition) is 4. The van der Waals surface area contributed by atoms with Crippen LogP contribution < -0.4 is 10.6 Å². The Morgan fingerprint density at radius 2 is 2.19 bits per heavy atom. The number of carbonyl (C=O) groups is 2. The van der Waals surface area contributed by atoms with Crippen LogP contribution in [0, 0.1) is 13.8 Å². The second-order valence-electron chi connectivity index (χ2n) is 4.53. The molecule has 2 amide bonds. The monoisotopic (exact) mass is 308 g/mol. The number of hydrogen-bond donors (Lipinski definition) is 4. The van der Waals surface area contributed by atoms with E-state index in [-0.39, 0.29) is 11.4 Å². The summed E-state index contributed by atoms with van der Waals surface area (Å²) in [6.07, 6.45) is 0.635. The number of thiazole rings is 1. The topological polar surface area (TPSA) is 107 Å². The number of amides is 2. The lowest BCUT2D eigenvalue weighted by Crippen LogP contribution is -2.30. The van der Waals surface area contributed by atoms with Gasteiger partial charge < -0.3 is 20.7 Å².